The summed E-state index contributed by atoms with van der Waals surface area (Å²) in [5, 5.41) is 22.4. The molecule has 0 aliphatic heterocycles. The Balaban J connectivity index is 1.29. The first-order valence-corrected chi connectivity index (χ1v) is 18.8. The van der Waals surface area contributed by atoms with Crippen LogP contribution in [0.4, 0.5) is 41.2 Å². The number of alkyl halides is 7. The molecule has 1 unspecified atom stereocenters. The molecule has 4 aromatic rings. The molecule has 0 saturated heterocycles. The number of amides is 3. The summed E-state index contributed by atoms with van der Waals surface area (Å²) < 4.78 is 98.8. The van der Waals surface area contributed by atoms with Crippen molar-refractivity contribution in [3.63, 3.8) is 0 Å². The third-order valence-electron chi connectivity index (χ3n) is 9.91. The molecule has 0 radical (unpaired) electrons. The molecule has 1 saturated carbocycles. The number of carbonyl (C=O) groups is 4. The molecule has 12 nitrogen and oxygen atoms in total. The smallest absolute Gasteiger partial charge is 0.460 e. The Morgan fingerprint density at radius 3 is 2.05 bits per heavy atom. The number of carboxylic acids is 1. The van der Waals surface area contributed by atoms with Gasteiger partial charge in [0.1, 0.15) is 11.6 Å². The van der Waals surface area contributed by atoms with Crippen LogP contribution in [0.2, 0.25) is 0 Å². The Hall–Kier alpha value is -6.01. The predicted molar refractivity (Wildman–Crippen MR) is 204 cm³/mol. The second kappa shape index (κ2) is 17.7. The summed E-state index contributed by atoms with van der Waals surface area (Å²) in [4.78, 5) is 54.1. The van der Waals surface area contributed by atoms with Crippen molar-refractivity contribution < 1.29 is 59.8 Å². The zero-order chi connectivity index (χ0) is 44.2. The molecule has 3 amide bonds. The maximum atomic E-state index is 14.2. The normalized spacial score (nSPS) is 16.7. The Morgan fingerprint density at radius 2 is 1.48 bits per heavy atom. The fourth-order valence-corrected chi connectivity index (χ4v) is 6.64. The quantitative estimate of drug-likeness (QED) is 0.0834. The second-order valence-corrected chi connectivity index (χ2v) is 15.6. The Kier molecular flexibility index (Phi) is 13.3. The van der Waals surface area contributed by atoms with Gasteiger partial charge >= 0.3 is 30.1 Å². The monoisotopic (exact) mass is 848 g/mol. The molecule has 1 atom stereocenters. The third kappa shape index (κ3) is 10.8. The number of aromatic carboxylic acids is 1. The van der Waals surface area contributed by atoms with Crippen molar-refractivity contribution in [2.24, 2.45) is 11.8 Å². The number of anilines is 1. The van der Waals surface area contributed by atoms with Crippen LogP contribution >= 0.6 is 0 Å². The minimum Gasteiger partial charge on any atom is -0.478 e. The number of rotatable bonds is 13. The van der Waals surface area contributed by atoms with E-state index in [2.05, 4.69) is 26.0 Å². The number of halogens is 7. The number of carboxylic acid groups (broad SMARTS) is 1. The second-order valence-electron chi connectivity index (χ2n) is 15.6. The van der Waals surface area contributed by atoms with Gasteiger partial charge in [0.15, 0.2) is 5.82 Å². The molecule has 1 aliphatic rings. The van der Waals surface area contributed by atoms with Gasteiger partial charge < -0.3 is 25.8 Å². The highest BCUT2D eigenvalue weighted by atomic mass is 19.4. The Labute approximate surface area is 339 Å². The summed E-state index contributed by atoms with van der Waals surface area (Å²) in [5.41, 5.74) is 2.57. The van der Waals surface area contributed by atoms with E-state index < -0.39 is 65.2 Å². The summed E-state index contributed by atoms with van der Waals surface area (Å²) in [5.74, 6) is -17.2. The molecule has 5 rings (SSSR count). The van der Waals surface area contributed by atoms with E-state index in [1.165, 1.54) is 35.4 Å². The third-order valence-corrected chi connectivity index (χ3v) is 9.91. The van der Waals surface area contributed by atoms with Crippen LogP contribution in [0.3, 0.4) is 0 Å². The van der Waals surface area contributed by atoms with Gasteiger partial charge in [-0.3, -0.25) is 14.7 Å². The molecule has 322 valence electrons. The number of alkyl carbamates (subject to hydrolysis) is 1. The largest absolute Gasteiger partial charge is 0.478 e. The van der Waals surface area contributed by atoms with Crippen LogP contribution in [0.1, 0.15) is 73.8 Å². The molecule has 1 fully saturated rings. The minimum absolute atomic E-state index is 0.0404. The van der Waals surface area contributed by atoms with Gasteiger partial charge in [-0.2, -0.15) is 35.8 Å². The maximum Gasteiger partial charge on any atom is 0.460 e. The summed E-state index contributed by atoms with van der Waals surface area (Å²) in [6.45, 7) is 7.43. The van der Waals surface area contributed by atoms with Crippen LogP contribution in [0.5, 0.6) is 0 Å². The number of aromatic amines is 1. The number of nitrogens with zero attached hydrogens (tertiary/aromatic N) is 2. The van der Waals surface area contributed by atoms with Gasteiger partial charge in [-0.15, -0.1) is 0 Å². The van der Waals surface area contributed by atoms with Crippen LogP contribution in [0, 0.1) is 18.8 Å². The number of nitrogens with one attached hydrogen (secondary N) is 4. The van der Waals surface area contributed by atoms with Crippen molar-refractivity contribution in [2.75, 3.05) is 11.9 Å². The van der Waals surface area contributed by atoms with E-state index in [1.54, 1.807) is 64.1 Å². The molecule has 3 aromatic carbocycles. The number of aromatic nitrogens is 3. The lowest BCUT2D eigenvalue weighted by Crippen LogP contribution is -2.50. The van der Waals surface area contributed by atoms with Crippen LogP contribution in [0.25, 0.3) is 22.5 Å². The lowest BCUT2D eigenvalue weighted by molar-refractivity contribution is -0.361. The van der Waals surface area contributed by atoms with Gasteiger partial charge in [-0.25, -0.2) is 14.6 Å². The highest BCUT2D eigenvalue weighted by molar-refractivity contribution is 5.98. The predicted octanol–water partition coefficient (Wildman–Crippen LogP) is 8.43. The van der Waals surface area contributed by atoms with Crippen molar-refractivity contribution in [3.05, 3.63) is 89.2 Å². The number of aryl methyl sites for hydroxylation is 1. The number of H-pyrrole nitrogens is 1. The first-order valence-electron chi connectivity index (χ1n) is 18.8. The molecule has 5 N–H and O–H groups in total. The van der Waals surface area contributed by atoms with Crippen LogP contribution < -0.4 is 16.0 Å². The highest BCUT2D eigenvalue weighted by Crippen LogP contribution is 2.51. The molecule has 1 heterocycles. The topological polar surface area (TPSA) is 175 Å². The molecule has 1 aromatic heterocycles. The summed E-state index contributed by atoms with van der Waals surface area (Å²) in [7, 11) is 0. The molecule has 0 bridgehead atoms. The minimum atomic E-state index is -6.57. The number of hydrogen-bond acceptors (Lipinski definition) is 7. The van der Waals surface area contributed by atoms with E-state index in [-0.39, 0.29) is 35.1 Å². The van der Waals surface area contributed by atoms with E-state index in [0.29, 0.717) is 37.8 Å². The zero-order valence-electron chi connectivity index (χ0n) is 32.9. The van der Waals surface area contributed by atoms with E-state index in [0.717, 1.165) is 16.7 Å². The van der Waals surface area contributed by atoms with Crippen molar-refractivity contribution in [1.82, 2.24) is 25.8 Å². The zero-order valence-corrected chi connectivity index (χ0v) is 32.9. The van der Waals surface area contributed by atoms with Crippen molar-refractivity contribution in [2.45, 2.75) is 89.5 Å². The molecule has 0 spiro atoms. The highest BCUT2D eigenvalue weighted by Gasteiger charge is 2.75. The lowest BCUT2D eigenvalue weighted by Gasteiger charge is -2.29. The Morgan fingerprint density at radius 1 is 0.867 bits per heavy atom. The first kappa shape index (κ1) is 45.1. The Bertz CT molecular complexity index is 2180. The van der Waals surface area contributed by atoms with E-state index in [9.17, 15) is 55.0 Å². The number of benzene rings is 3. The van der Waals surface area contributed by atoms with Crippen molar-refractivity contribution >= 4 is 29.6 Å². The van der Waals surface area contributed by atoms with E-state index in [4.69, 9.17) is 4.74 Å². The van der Waals surface area contributed by atoms with Gasteiger partial charge in [0.25, 0.3) is 0 Å². The molecular weight excluding hydrogens is 805 g/mol. The first-order chi connectivity index (χ1) is 27.9. The van der Waals surface area contributed by atoms with Gasteiger partial charge in [0.2, 0.25) is 17.6 Å². The lowest BCUT2D eigenvalue weighted by atomic mass is 9.81. The standard InChI is InChI=1S/C41H43F7N6O6/c1-22-19-28(35(57)58)15-18-30(22)25-9-5-23(6-10-25)20-31(51-33(55)27-11-7-24(8-12-27)21-49-37(59)60-38(2,3)4)34(56)50-29-16-13-26(14-17-29)32-52-36(54-53-32)39(42,43)40(44,45)41(46,47)48/h5-6,9-10,13-19,24,27,31H,7-8,11-12,20-21H2,1-4H3,(H,49,59)(H,50,56)(H,51,55)(H,57,58)(H,52,53,54). The average molecular weight is 849 g/mol. The summed E-state index contributed by atoms with van der Waals surface area (Å²) in [6.07, 6.45) is -4.78. The molecule has 60 heavy (non-hydrogen) atoms. The molecule has 1 aliphatic carbocycles. The number of ether oxygens (including phenoxy) is 1. The fraction of sp³-hybridized carbons (Fsp3) is 0.415. The van der Waals surface area contributed by atoms with Crippen LogP contribution in [-0.4, -0.2) is 74.5 Å². The number of carbonyl (C=O) groups excluding carboxylic acids is 3. The van der Waals surface area contributed by atoms with Crippen LogP contribution in [-0.2, 0) is 26.7 Å². The van der Waals surface area contributed by atoms with Crippen molar-refractivity contribution in [3.8, 4) is 22.5 Å². The van der Waals surface area contributed by atoms with E-state index >= 15 is 0 Å². The van der Waals surface area contributed by atoms with Crippen molar-refractivity contribution in [1.29, 1.82) is 0 Å². The summed E-state index contributed by atoms with van der Waals surface area (Å²) >= 11 is 0. The van der Waals surface area contributed by atoms with Gasteiger partial charge in [0.05, 0.1) is 5.56 Å². The maximum absolute atomic E-state index is 14.2. The van der Waals surface area contributed by atoms with Crippen LogP contribution in [0.15, 0.2) is 66.7 Å². The molecular formula is C41H43F7N6O6. The summed E-state index contributed by atoms with van der Waals surface area (Å²) in [6, 6.07) is 15.8. The van der Waals surface area contributed by atoms with Gasteiger partial charge in [0, 0.05) is 30.1 Å². The van der Waals surface area contributed by atoms with E-state index in [1.807, 2.05) is 0 Å². The molecule has 19 heteroatoms. The SMILES string of the molecule is Cc1cc(C(=O)O)ccc1-c1ccc(CC(NC(=O)C2CCC(CNC(=O)OC(C)(C)C)CC2)C(=O)Nc2ccc(-c3n[nH]c(C(F)(F)C(F)(F)C(F)(F)F)n3)cc2)cc1. The fourth-order valence-electron chi connectivity index (χ4n) is 6.64. The van der Waals surface area contributed by atoms with Gasteiger partial charge in [-0.05, 0) is 118 Å². The number of hydrogen-bond donors (Lipinski definition) is 5. The average Bonchev–Trinajstić information content (AvgIpc) is 3.68. The van der Waals surface area contributed by atoms with Gasteiger partial charge in [-0.1, -0.05) is 30.3 Å².